The molecule has 0 radical (unpaired) electrons. The number of ether oxygens (including phenoxy) is 1. The van der Waals surface area contributed by atoms with Crippen molar-refractivity contribution in [1.82, 2.24) is 4.90 Å². The van der Waals surface area contributed by atoms with Crippen LogP contribution in [0, 0.1) is 0 Å². The fourth-order valence-corrected chi connectivity index (χ4v) is 1.15. The summed E-state index contributed by atoms with van der Waals surface area (Å²) in [7, 11) is 3.96. The second kappa shape index (κ2) is 5.97. The van der Waals surface area contributed by atoms with Gasteiger partial charge < -0.3 is 20.6 Å². The standard InChI is InChI=1S/C11H17N3O2/c1-14(2)6-7-16-10-5-3-4-9(8-10)11(12)13-15/h3-5,8,15H,6-7H2,1-2H3,(H2,12,13). The van der Waals surface area contributed by atoms with Gasteiger partial charge in [0.2, 0.25) is 0 Å². The Hall–Kier alpha value is -1.75. The Labute approximate surface area is 95.1 Å². The molecule has 0 aliphatic carbocycles. The molecule has 0 spiro atoms. The van der Waals surface area contributed by atoms with E-state index in [9.17, 15) is 0 Å². The Morgan fingerprint density at radius 3 is 2.88 bits per heavy atom. The van der Waals surface area contributed by atoms with Gasteiger partial charge in [-0.25, -0.2) is 0 Å². The van der Waals surface area contributed by atoms with E-state index in [4.69, 9.17) is 15.7 Å². The second-order valence-electron chi connectivity index (χ2n) is 3.66. The van der Waals surface area contributed by atoms with Gasteiger partial charge in [0.15, 0.2) is 5.84 Å². The summed E-state index contributed by atoms with van der Waals surface area (Å²) in [5.74, 6) is 0.795. The molecule has 0 fully saturated rings. The van der Waals surface area contributed by atoms with Gasteiger partial charge in [0.05, 0.1) is 0 Å². The van der Waals surface area contributed by atoms with Crippen LogP contribution in [-0.4, -0.2) is 43.2 Å². The van der Waals surface area contributed by atoms with E-state index in [1.807, 2.05) is 25.1 Å². The Morgan fingerprint density at radius 2 is 2.25 bits per heavy atom. The van der Waals surface area contributed by atoms with E-state index in [0.29, 0.717) is 17.9 Å². The van der Waals surface area contributed by atoms with E-state index in [1.165, 1.54) is 0 Å². The van der Waals surface area contributed by atoms with Gasteiger partial charge in [-0.1, -0.05) is 17.3 Å². The third-order valence-electron chi connectivity index (χ3n) is 2.04. The third-order valence-corrected chi connectivity index (χ3v) is 2.04. The molecule has 0 saturated heterocycles. The maximum atomic E-state index is 8.54. The maximum absolute atomic E-state index is 8.54. The summed E-state index contributed by atoms with van der Waals surface area (Å²) in [6.45, 7) is 1.44. The SMILES string of the molecule is CN(C)CCOc1cccc(/C(N)=N/O)c1. The minimum absolute atomic E-state index is 0.0815. The van der Waals surface area contributed by atoms with E-state index < -0.39 is 0 Å². The topological polar surface area (TPSA) is 71.1 Å². The van der Waals surface area contributed by atoms with Crippen molar-refractivity contribution in [3.63, 3.8) is 0 Å². The molecule has 5 heteroatoms. The quantitative estimate of drug-likeness (QED) is 0.334. The number of rotatable bonds is 5. The highest BCUT2D eigenvalue weighted by Gasteiger charge is 2.01. The van der Waals surface area contributed by atoms with Crippen molar-refractivity contribution < 1.29 is 9.94 Å². The lowest BCUT2D eigenvalue weighted by molar-refractivity contribution is 0.261. The van der Waals surface area contributed by atoms with Gasteiger partial charge in [-0.2, -0.15) is 0 Å². The lowest BCUT2D eigenvalue weighted by Crippen LogP contribution is -2.19. The summed E-state index contributed by atoms with van der Waals surface area (Å²) in [6.07, 6.45) is 0. The molecule has 0 aromatic heterocycles. The van der Waals surface area contributed by atoms with Crippen molar-refractivity contribution in [2.24, 2.45) is 10.9 Å². The molecule has 16 heavy (non-hydrogen) atoms. The van der Waals surface area contributed by atoms with E-state index in [2.05, 4.69) is 5.16 Å². The molecule has 0 atom stereocenters. The average molecular weight is 223 g/mol. The van der Waals surface area contributed by atoms with Crippen LogP contribution in [0.5, 0.6) is 5.75 Å². The zero-order chi connectivity index (χ0) is 12.0. The summed E-state index contributed by atoms with van der Waals surface area (Å²) in [4.78, 5) is 2.04. The van der Waals surface area contributed by atoms with Crippen LogP contribution in [-0.2, 0) is 0 Å². The highest BCUT2D eigenvalue weighted by atomic mass is 16.5. The zero-order valence-corrected chi connectivity index (χ0v) is 9.55. The highest BCUT2D eigenvalue weighted by molar-refractivity contribution is 5.97. The van der Waals surface area contributed by atoms with Crippen LogP contribution in [0.3, 0.4) is 0 Å². The largest absolute Gasteiger partial charge is 0.492 e. The van der Waals surface area contributed by atoms with Gasteiger partial charge in [0.25, 0.3) is 0 Å². The molecule has 1 rings (SSSR count). The van der Waals surface area contributed by atoms with E-state index in [1.54, 1.807) is 18.2 Å². The monoisotopic (exact) mass is 223 g/mol. The number of amidine groups is 1. The lowest BCUT2D eigenvalue weighted by Gasteiger charge is -2.11. The first-order valence-electron chi connectivity index (χ1n) is 4.99. The van der Waals surface area contributed by atoms with Crippen LogP contribution < -0.4 is 10.5 Å². The van der Waals surface area contributed by atoms with Crippen LogP contribution in [0.2, 0.25) is 0 Å². The molecule has 5 nitrogen and oxygen atoms in total. The Kier molecular flexibility index (Phi) is 4.60. The first-order valence-corrected chi connectivity index (χ1v) is 4.99. The Morgan fingerprint density at radius 1 is 1.50 bits per heavy atom. The van der Waals surface area contributed by atoms with Crippen LogP contribution in [0.15, 0.2) is 29.4 Å². The minimum Gasteiger partial charge on any atom is -0.492 e. The number of hydrogen-bond acceptors (Lipinski definition) is 4. The maximum Gasteiger partial charge on any atom is 0.170 e. The van der Waals surface area contributed by atoms with Crippen LogP contribution in [0.4, 0.5) is 0 Å². The van der Waals surface area contributed by atoms with Crippen molar-refractivity contribution in [2.45, 2.75) is 0 Å². The van der Waals surface area contributed by atoms with E-state index >= 15 is 0 Å². The molecule has 3 N–H and O–H groups in total. The van der Waals surface area contributed by atoms with Crippen LogP contribution in [0.25, 0.3) is 0 Å². The minimum atomic E-state index is 0.0815. The summed E-state index contributed by atoms with van der Waals surface area (Å²) in [6, 6.07) is 7.14. The van der Waals surface area contributed by atoms with Crippen molar-refractivity contribution in [3.8, 4) is 5.75 Å². The van der Waals surface area contributed by atoms with Crippen molar-refractivity contribution in [2.75, 3.05) is 27.2 Å². The molecule has 0 heterocycles. The molecule has 1 aromatic rings. The third kappa shape index (κ3) is 3.78. The number of likely N-dealkylation sites (N-methyl/N-ethyl adjacent to an activating group) is 1. The van der Waals surface area contributed by atoms with E-state index in [-0.39, 0.29) is 5.84 Å². The second-order valence-corrected chi connectivity index (χ2v) is 3.66. The molecule has 0 aliphatic rings. The number of nitrogens with two attached hydrogens (primary N) is 1. The van der Waals surface area contributed by atoms with Crippen LogP contribution in [0.1, 0.15) is 5.56 Å². The molecule has 0 saturated carbocycles. The van der Waals surface area contributed by atoms with Gasteiger partial charge in [-0.15, -0.1) is 0 Å². The predicted molar refractivity (Wildman–Crippen MR) is 63.0 cm³/mol. The van der Waals surface area contributed by atoms with Gasteiger partial charge in [0.1, 0.15) is 12.4 Å². The summed E-state index contributed by atoms with van der Waals surface area (Å²) < 4.78 is 5.52. The summed E-state index contributed by atoms with van der Waals surface area (Å²) >= 11 is 0. The fraction of sp³-hybridized carbons (Fsp3) is 0.364. The number of benzene rings is 1. The first-order chi connectivity index (χ1) is 7.63. The predicted octanol–water partition coefficient (Wildman–Crippen LogP) is 0.721. The van der Waals surface area contributed by atoms with Gasteiger partial charge in [-0.05, 0) is 26.2 Å². The Balaban J connectivity index is 2.61. The molecule has 0 unspecified atom stereocenters. The first kappa shape index (κ1) is 12.3. The average Bonchev–Trinajstić information content (AvgIpc) is 2.28. The summed E-state index contributed by atoms with van der Waals surface area (Å²) in [5.41, 5.74) is 6.12. The van der Waals surface area contributed by atoms with Gasteiger partial charge in [0, 0.05) is 12.1 Å². The number of oxime groups is 1. The highest BCUT2D eigenvalue weighted by Crippen LogP contribution is 2.12. The normalized spacial score (nSPS) is 11.8. The molecule has 0 aliphatic heterocycles. The number of nitrogens with zero attached hydrogens (tertiary/aromatic N) is 2. The van der Waals surface area contributed by atoms with Crippen molar-refractivity contribution in [3.05, 3.63) is 29.8 Å². The van der Waals surface area contributed by atoms with Crippen LogP contribution >= 0.6 is 0 Å². The molecule has 0 bridgehead atoms. The Bertz CT molecular complexity index is 364. The smallest absolute Gasteiger partial charge is 0.170 e. The lowest BCUT2D eigenvalue weighted by atomic mass is 10.2. The fourth-order valence-electron chi connectivity index (χ4n) is 1.15. The molecule has 0 amide bonds. The molecule has 1 aromatic carbocycles. The van der Waals surface area contributed by atoms with Crippen molar-refractivity contribution >= 4 is 5.84 Å². The van der Waals surface area contributed by atoms with E-state index in [0.717, 1.165) is 6.54 Å². The van der Waals surface area contributed by atoms with Gasteiger partial charge >= 0.3 is 0 Å². The molecule has 88 valence electrons. The van der Waals surface area contributed by atoms with Crippen molar-refractivity contribution in [1.29, 1.82) is 0 Å². The molecular weight excluding hydrogens is 206 g/mol. The number of hydrogen-bond donors (Lipinski definition) is 2. The molecular formula is C11H17N3O2. The van der Waals surface area contributed by atoms with Gasteiger partial charge in [-0.3, -0.25) is 0 Å². The summed E-state index contributed by atoms with van der Waals surface area (Å²) in [5, 5.41) is 11.5. The zero-order valence-electron chi connectivity index (χ0n) is 9.55.